The maximum Gasteiger partial charge on any atom is 0.258 e. The number of aryl methyl sites for hydroxylation is 1. The molecule has 0 fully saturated rings. The Hall–Kier alpha value is -2.56. The maximum absolute atomic E-state index is 12.5. The van der Waals surface area contributed by atoms with Gasteiger partial charge in [0.25, 0.3) is 5.91 Å². The van der Waals surface area contributed by atoms with Crippen molar-refractivity contribution in [3.05, 3.63) is 82.1 Å². The van der Waals surface area contributed by atoms with E-state index in [0.29, 0.717) is 16.3 Å². The van der Waals surface area contributed by atoms with Crippen molar-refractivity contribution in [2.75, 3.05) is 10.6 Å². The number of hydrogen-bond donors (Lipinski definition) is 2. The average molecular weight is 372 g/mol. The molecule has 0 atom stereocenters. The summed E-state index contributed by atoms with van der Waals surface area (Å²) in [4.78, 5) is 16.4. The van der Waals surface area contributed by atoms with E-state index in [2.05, 4.69) is 15.6 Å². The lowest BCUT2D eigenvalue weighted by atomic mass is 10.2. The van der Waals surface area contributed by atoms with Crippen molar-refractivity contribution in [1.29, 1.82) is 0 Å². The summed E-state index contributed by atoms with van der Waals surface area (Å²) in [6.45, 7) is 1.94. The fraction of sp³-hybridized carbons (Fsp3) is 0.0526. The first kappa shape index (κ1) is 17.3. The highest BCUT2D eigenvalue weighted by molar-refractivity contribution is 6.33. The molecule has 0 saturated carbocycles. The van der Waals surface area contributed by atoms with Gasteiger partial charge in [0.05, 0.1) is 16.9 Å². The Bertz CT molecular complexity index is 928. The largest absolute Gasteiger partial charge is 0.354 e. The monoisotopic (exact) mass is 371 g/mol. The second-order valence-corrected chi connectivity index (χ2v) is 6.20. The fourth-order valence-corrected chi connectivity index (χ4v) is 2.65. The van der Waals surface area contributed by atoms with Crippen LogP contribution in [-0.2, 0) is 0 Å². The molecule has 2 N–H and O–H groups in total. The van der Waals surface area contributed by atoms with Crippen molar-refractivity contribution in [3.63, 3.8) is 0 Å². The van der Waals surface area contributed by atoms with Gasteiger partial charge in [-0.25, -0.2) is 4.98 Å². The van der Waals surface area contributed by atoms with E-state index in [1.54, 1.807) is 12.1 Å². The molecule has 1 heterocycles. The zero-order chi connectivity index (χ0) is 17.8. The third-order valence-electron chi connectivity index (χ3n) is 3.62. The summed E-state index contributed by atoms with van der Waals surface area (Å²) in [7, 11) is 0. The van der Waals surface area contributed by atoms with Gasteiger partial charge in [-0.15, -0.1) is 0 Å². The minimum atomic E-state index is -0.320. The molecule has 0 aliphatic heterocycles. The number of nitrogens with one attached hydrogen (secondary N) is 2. The van der Waals surface area contributed by atoms with Crippen molar-refractivity contribution in [1.82, 2.24) is 4.98 Å². The Balaban J connectivity index is 1.85. The highest BCUT2D eigenvalue weighted by Gasteiger charge is 2.13. The van der Waals surface area contributed by atoms with E-state index in [0.717, 1.165) is 16.9 Å². The average Bonchev–Trinajstić information content (AvgIpc) is 2.60. The number of aromatic nitrogens is 1. The molecule has 0 bridgehead atoms. The van der Waals surface area contributed by atoms with Gasteiger partial charge in [-0.3, -0.25) is 4.79 Å². The number of rotatable bonds is 4. The standard InChI is InChI=1S/C19H15Cl2N3O/c1-12-11-13(8-9-15(12)20)23-16-6-2-3-7-17(16)24-19(25)14-5-4-10-22-18(14)21/h2-11,23H,1H3,(H,24,25). The second kappa shape index (κ2) is 7.55. The third-order valence-corrected chi connectivity index (χ3v) is 4.34. The normalized spacial score (nSPS) is 10.4. The van der Waals surface area contributed by atoms with Crippen LogP contribution in [0.25, 0.3) is 0 Å². The number of pyridine rings is 1. The van der Waals surface area contributed by atoms with E-state index in [-0.39, 0.29) is 11.1 Å². The summed E-state index contributed by atoms with van der Waals surface area (Å²) in [6.07, 6.45) is 1.54. The van der Waals surface area contributed by atoms with Crippen LogP contribution in [0.4, 0.5) is 17.1 Å². The number of carbonyl (C=O) groups excluding carboxylic acids is 1. The summed E-state index contributed by atoms with van der Waals surface area (Å²) in [5, 5.41) is 7.02. The lowest BCUT2D eigenvalue weighted by molar-refractivity contribution is 0.102. The molecule has 25 heavy (non-hydrogen) atoms. The van der Waals surface area contributed by atoms with E-state index in [1.165, 1.54) is 6.20 Å². The number of benzene rings is 2. The maximum atomic E-state index is 12.5. The van der Waals surface area contributed by atoms with Crippen molar-refractivity contribution < 1.29 is 4.79 Å². The molecular formula is C19H15Cl2N3O. The number of hydrogen-bond acceptors (Lipinski definition) is 3. The number of halogens is 2. The van der Waals surface area contributed by atoms with E-state index >= 15 is 0 Å². The SMILES string of the molecule is Cc1cc(Nc2ccccc2NC(=O)c2cccnc2Cl)ccc1Cl. The van der Waals surface area contributed by atoms with Gasteiger partial charge in [-0.1, -0.05) is 35.3 Å². The Morgan fingerprint density at radius 2 is 1.76 bits per heavy atom. The fourth-order valence-electron chi connectivity index (χ4n) is 2.32. The summed E-state index contributed by atoms with van der Waals surface area (Å²) in [5.74, 6) is -0.320. The highest BCUT2D eigenvalue weighted by atomic mass is 35.5. The molecule has 2 aromatic carbocycles. The van der Waals surface area contributed by atoms with Gasteiger partial charge in [-0.05, 0) is 55.0 Å². The van der Waals surface area contributed by atoms with Crippen molar-refractivity contribution in [2.24, 2.45) is 0 Å². The number of amides is 1. The first-order chi connectivity index (χ1) is 12.0. The molecule has 0 aliphatic carbocycles. The number of anilines is 3. The predicted molar refractivity (Wildman–Crippen MR) is 103 cm³/mol. The molecular weight excluding hydrogens is 357 g/mol. The second-order valence-electron chi connectivity index (χ2n) is 5.43. The first-order valence-electron chi connectivity index (χ1n) is 7.58. The Morgan fingerprint density at radius 3 is 2.48 bits per heavy atom. The van der Waals surface area contributed by atoms with Crippen molar-refractivity contribution >= 4 is 46.2 Å². The quantitative estimate of drug-likeness (QED) is 0.578. The van der Waals surface area contributed by atoms with Crippen LogP contribution < -0.4 is 10.6 Å². The van der Waals surface area contributed by atoms with E-state index in [1.807, 2.05) is 49.4 Å². The van der Waals surface area contributed by atoms with Crippen LogP contribution in [0.3, 0.4) is 0 Å². The van der Waals surface area contributed by atoms with E-state index in [9.17, 15) is 4.79 Å². The zero-order valence-electron chi connectivity index (χ0n) is 13.4. The minimum Gasteiger partial charge on any atom is -0.354 e. The summed E-state index contributed by atoms with van der Waals surface area (Å²) in [5.41, 5.74) is 3.57. The lowest BCUT2D eigenvalue weighted by Crippen LogP contribution is -2.14. The van der Waals surface area contributed by atoms with Crippen LogP contribution >= 0.6 is 23.2 Å². The topological polar surface area (TPSA) is 54.0 Å². The Labute approximate surface area is 155 Å². The van der Waals surface area contributed by atoms with E-state index < -0.39 is 0 Å². The van der Waals surface area contributed by atoms with Crippen LogP contribution in [0.15, 0.2) is 60.8 Å². The molecule has 126 valence electrons. The van der Waals surface area contributed by atoms with Crippen LogP contribution in [0, 0.1) is 6.92 Å². The molecule has 0 unspecified atom stereocenters. The van der Waals surface area contributed by atoms with Gasteiger partial charge >= 0.3 is 0 Å². The summed E-state index contributed by atoms with van der Waals surface area (Å²) in [6, 6.07) is 16.4. The van der Waals surface area contributed by atoms with Gasteiger partial charge in [0.15, 0.2) is 0 Å². The molecule has 3 rings (SSSR count). The molecule has 0 radical (unpaired) electrons. The van der Waals surface area contributed by atoms with Crippen molar-refractivity contribution in [2.45, 2.75) is 6.92 Å². The molecule has 6 heteroatoms. The summed E-state index contributed by atoms with van der Waals surface area (Å²) < 4.78 is 0. The van der Waals surface area contributed by atoms with E-state index in [4.69, 9.17) is 23.2 Å². The van der Waals surface area contributed by atoms with Crippen LogP contribution in [0.2, 0.25) is 10.2 Å². The number of carbonyl (C=O) groups is 1. The van der Waals surface area contributed by atoms with Gasteiger partial charge in [0.2, 0.25) is 0 Å². The molecule has 0 saturated heterocycles. The van der Waals surface area contributed by atoms with Crippen LogP contribution in [0.5, 0.6) is 0 Å². The highest BCUT2D eigenvalue weighted by Crippen LogP contribution is 2.28. The Morgan fingerprint density at radius 1 is 1.00 bits per heavy atom. The van der Waals surface area contributed by atoms with Gasteiger partial charge in [-0.2, -0.15) is 0 Å². The van der Waals surface area contributed by atoms with Crippen molar-refractivity contribution in [3.8, 4) is 0 Å². The first-order valence-corrected chi connectivity index (χ1v) is 8.34. The molecule has 4 nitrogen and oxygen atoms in total. The molecule has 3 aromatic rings. The van der Waals surface area contributed by atoms with Gasteiger partial charge in [0, 0.05) is 16.9 Å². The summed E-state index contributed by atoms with van der Waals surface area (Å²) >= 11 is 12.1. The van der Waals surface area contributed by atoms with Crippen LogP contribution in [-0.4, -0.2) is 10.9 Å². The molecule has 1 aromatic heterocycles. The lowest BCUT2D eigenvalue weighted by Gasteiger charge is -2.14. The smallest absolute Gasteiger partial charge is 0.258 e. The molecule has 0 spiro atoms. The Kier molecular flexibility index (Phi) is 5.22. The minimum absolute atomic E-state index is 0.166. The predicted octanol–water partition coefficient (Wildman–Crippen LogP) is 5.69. The van der Waals surface area contributed by atoms with Gasteiger partial charge in [0.1, 0.15) is 5.15 Å². The third kappa shape index (κ3) is 4.10. The van der Waals surface area contributed by atoms with Gasteiger partial charge < -0.3 is 10.6 Å². The molecule has 0 aliphatic rings. The molecule has 1 amide bonds. The number of para-hydroxylation sites is 2. The van der Waals surface area contributed by atoms with Crippen LogP contribution in [0.1, 0.15) is 15.9 Å². The zero-order valence-corrected chi connectivity index (χ0v) is 14.9. The number of nitrogens with zero attached hydrogens (tertiary/aromatic N) is 1.